The number of hydrogen-bond acceptors (Lipinski definition) is 7. The highest BCUT2D eigenvalue weighted by Crippen LogP contribution is 2.40. The molecule has 3 aromatic rings. The number of anilines is 2. The molecule has 0 fully saturated rings. The van der Waals surface area contributed by atoms with Crippen LogP contribution in [0, 0.1) is 10.1 Å². The van der Waals surface area contributed by atoms with Gasteiger partial charge in [-0.2, -0.15) is 4.31 Å². The first-order valence-electron chi connectivity index (χ1n) is 9.68. The van der Waals surface area contributed by atoms with E-state index >= 15 is 0 Å². The standard InChI is InChI=1S/C22H19N3O7S/c1-31-18-11-17(12-19(13-18)32-2)24-22(26)23(14-15-7-9-16(10-8-15)25(27)28)20-5-3-4-6-21(20)33(24,29)30/h3-13H,14H2,1-2H3. The van der Waals surface area contributed by atoms with Crippen LogP contribution in [-0.2, 0) is 16.6 Å². The molecule has 0 atom stereocenters. The third kappa shape index (κ3) is 3.94. The van der Waals surface area contributed by atoms with Gasteiger partial charge in [0.15, 0.2) is 0 Å². The van der Waals surface area contributed by atoms with E-state index in [1.807, 2.05) is 0 Å². The largest absolute Gasteiger partial charge is 0.497 e. The number of nitro groups is 1. The summed E-state index contributed by atoms with van der Waals surface area (Å²) >= 11 is 0. The number of rotatable bonds is 6. The van der Waals surface area contributed by atoms with Crippen molar-refractivity contribution >= 4 is 33.1 Å². The molecule has 0 radical (unpaired) electrons. The average Bonchev–Trinajstić information content (AvgIpc) is 2.81. The van der Waals surface area contributed by atoms with E-state index < -0.39 is 21.0 Å². The van der Waals surface area contributed by atoms with Gasteiger partial charge in [-0.15, -0.1) is 0 Å². The summed E-state index contributed by atoms with van der Waals surface area (Å²) in [5, 5.41) is 10.9. The molecule has 0 N–H and O–H groups in total. The fraction of sp³-hybridized carbons (Fsp3) is 0.136. The first-order valence-corrected chi connectivity index (χ1v) is 11.1. The Hall–Kier alpha value is -4.12. The summed E-state index contributed by atoms with van der Waals surface area (Å²) < 4.78 is 38.1. The number of nitrogens with zero attached hydrogens (tertiary/aromatic N) is 3. The molecule has 0 unspecified atom stereocenters. The number of sulfonamides is 1. The Bertz CT molecular complexity index is 1320. The molecule has 2 amide bonds. The molecule has 0 saturated carbocycles. The van der Waals surface area contributed by atoms with Crippen molar-refractivity contribution in [2.75, 3.05) is 23.4 Å². The maximum Gasteiger partial charge on any atom is 0.343 e. The van der Waals surface area contributed by atoms with Crippen LogP contribution in [-0.4, -0.2) is 33.6 Å². The van der Waals surface area contributed by atoms with E-state index in [1.54, 1.807) is 24.3 Å². The van der Waals surface area contributed by atoms with E-state index in [2.05, 4.69) is 0 Å². The number of urea groups is 1. The minimum atomic E-state index is -4.24. The number of carbonyl (C=O) groups excluding carboxylic acids is 1. The summed E-state index contributed by atoms with van der Waals surface area (Å²) in [6, 6.07) is 15.5. The van der Waals surface area contributed by atoms with Gasteiger partial charge in [0.05, 0.1) is 37.1 Å². The van der Waals surface area contributed by atoms with Crippen molar-refractivity contribution in [3.8, 4) is 11.5 Å². The van der Waals surface area contributed by atoms with Gasteiger partial charge in [-0.1, -0.05) is 24.3 Å². The van der Waals surface area contributed by atoms with Gasteiger partial charge in [-0.05, 0) is 17.7 Å². The molecule has 0 aliphatic carbocycles. The number of hydrogen-bond donors (Lipinski definition) is 0. The van der Waals surface area contributed by atoms with E-state index in [9.17, 15) is 23.3 Å². The van der Waals surface area contributed by atoms with E-state index in [1.165, 1.54) is 61.6 Å². The highest BCUT2D eigenvalue weighted by molar-refractivity contribution is 7.94. The lowest BCUT2D eigenvalue weighted by Gasteiger charge is -2.36. The third-order valence-electron chi connectivity index (χ3n) is 5.14. The molecule has 1 aliphatic heterocycles. The molecule has 0 aromatic heterocycles. The van der Waals surface area contributed by atoms with Gasteiger partial charge < -0.3 is 9.47 Å². The van der Waals surface area contributed by atoms with E-state index in [0.29, 0.717) is 21.4 Å². The van der Waals surface area contributed by atoms with E-state index in [-0.39, 0.29) is 28.5 Å². The monoisotopic (exact) mass is 469 g/mol. The zero-order valence-corrected chi connectivity index (χ0v) is 18.5. The van der Waals surface area contributed by atoms with Gasteiger partial charge >= 0.3 is 6.03 Å². The fourth-order valence-electron chi connectivity index (χ4n) is 3.53. The maximum atomic E-state index is 13.6. The first kappa shape index (κ1) is 22.1. The molecule has 170 valence electrons. The smallest absolute Gasteiger partial charge is 0.343 e. The summed E-state index contributed by atoms with van der Waals surface area (Å²) in [6.45, 7) is 0.000957. The summed E-state index contributed by atoms with van der Waals surface area (Å²) in [4.78, 5) is 25.2. The van der Waals surface area contributed by atoms with Gasteiger partial charge in [0, 0.05) is 30.3 Å². The molecule has 0 saturated heterocycles. The maximum absolute atomic E-state index is 13.6. The van der Waals surface area contributed by atoms with Crippen LogP contribution in [0.5, 0.6) is 11.5 Å². The second-order valence-corrected chi connectivity index (χ2v) is 8.86. The second-order valence-electron chi connectivity index (χ2n) is 7.10. The Morgan fingerprint density at radius 1 is 0.939 bits per heavy atom. The van der Waals surface area contributed by atoms with Gasteiger partial charge in [0.25, 0.3) is 15.7 Å². The Balaban J connectivity index is 1.83. The molecule has 1 aliphatic rings. The van der Waals surface area contributed by atoms with Crippen LogP contribution in [0.15, 0.2) is 71.6 Å². The van der Waals surface area contributed by atoms with Crippen molar-refractivity contribution in [2.24, 2.45) is 0 Å². The molecule has 33 heavy (non-hydrogen) atoms. The quantitative estimate of drug-likeness (QED) is 0.396. The predicted octanol–water partition coefficient (Wildman–Crippen LogP) is 3.95. The molecule has 0 bridgehead atoms. The van der Waals surface area contributed by atoms with Crippen molar-refractivity contribution in [1.29, 1.82) is 0 Å². The number of fused-ring (bicyclic) bond motifs is 1. The van der Waals surface area contributed by atoms with Gasteiger partial charge in [0.2, 0.25) is 0 Å². The molecule has 10 nitrogen and oxygen atoms in total. The van der Waals surface area contributed by atoms with Gasteiger partial charge in [-0.25, -0.2) is 13.2 Å². The number of nitro benzene ring substituents is 1. The Labute approximate surface area is 189 Å². The molecular weight excluding hydrogens is 450 g/mol. The highest BCUT2D eigenvalue weighted by atomic mass is 32.2. The van der Waals surface area contributed by atoms with Crippen molar-refractivity contribution < 1.29 is 27.6 Å². The molecule has 11 heteroatoms. The van der Waals surface area contributed by atoms with Crippen LogP contribution in [0.4, 0.5) is 21.9 Å². The fourth-order valence-corrected chi connectivity index (χ4v) is 5.11. The third-order valence-corrected chi connectivity index (χ3v) is 6.89. The van der Waals surface area contributed by atoms with Crippen LogP contribution < -0.4 is 18.7 Å². The van der Waals surface area contributed by atoms with Crippen LogP contribution >= 0.6 is 0 Å². The second kappa shape index (κ2) is 8.43. The van der Waals surface area contributed by atoms with Crippen molar-refractivity contribution in [2.45, 2.75) is 11.4 Å². The number of para-hydroxylation sites is 1. The normalized spacial score (nSPS) is 14.5. The SMILES string of the molecule is COc1cc(OC)cc(N2C(=O)N(Cc3ccc([N+](=O)[O-])cc3)c3ccccc3S2(=O)=O)c1. The summed E-state index contributed by atoms with van der Waals surface area (Å²) in [7, 11) is -1.40. The zero-order chi connectivity index (χ0) is 23.8. The lowest BCUT2D eigenvalue weighted by Crippen LogP contribution is -2.50. The first-order chi connectivity index (χ1) is 15.8. The van der Waals surface area contributed by atoms with Crippen LogP contribution in [0.2, 0.25) is 0 Å². The predicted molar refractivity (Wildman–Crippen MR) is 120 cm³/mol. The minimum absolute atomic E-state index is 0.000957. The summed E-state index contributed by atoms with van der Waals surface area (Å²) in [5.74, 6) is 0.626. The Morgan fingerprint density at radius 3 is 2.12 bits per heavy atom. The topological polar surface area (TPSA) is 119 Å². The summed E-state index contributed by atoms with van der Waals surface area (Å²) in [6.07, 6.45) is 0. The average molecular weight is 469 g/mol. The van der Waals surface area contributed by atoms with Crippen molar-refractivity contribution in [3.63, 3.8) is 0 Å². The molecule has 4 rings (SSSR count). The van der Waals surface area contributed by atoms with E-state index in [0.717, 1.165) is 0 Å². The van der Waals surface area contributed by atoms with Crippen molar-refractivity contribution in [3.05, 3.63) is 82.4 Å². The molecule has 1 heterocycles. The number of methoxy groups -OCH3 is 2. The Kier molecular flexibility index (Phi) is 5.64. The summed E-state index contributed by atoms with van der Waals surface area (Å²) in [5.41, 5.74) is 0.773. The highest BCUT2D eigenvalue weighted by Gasteiger charge is 2.42. The number of non-ortho nitro benzene ring substituents is 1. The molecule has 3 aromatic carbocycles. The number of carbonyl (C=O) groups is 1. The molecular formula is C22H19N3O7S. The van der Waals surface area contributed by atoms with Crippen LogP contribution in [0.1, 0.15) is 5.56 Å². The number of benzene rings is 3. The molecule has 0 spiro atoms. The number of amides is 2. The van der Waals surface area contributed by atoms with Gasteiger partial charge in [-0.3, -0.25) is 15.0 Å². The lowest BCUT2D eigenvalue weighted by atomic mass is 10.2. The van der Waals surface area contributed by atoms with Crippen LogP contribution in [0.25, 0.3) is 0 Å². The van der Waals surface area contributed by atoms with Crippen LogP contribution in [0.3, 0.4) is 0 Å². The lowest BCUT2D eigenvalue weighted by molar-refractivity contribution is -0.384. The Morgan fingerprint density at radius 2 is 1.55 bits per heavy atom. The zero-order valence-electron chi connectivity index (χ0n) is 17.7. The van der Waals surface area contributed by atoms with Gasteiger partial charge in [0.1, 0.15) is 16.4 Å². The number of ether oxygens (including phenoxy) is 2. The van der Waals surface area contributed by atoms with E-state index in [4.69, 9.17) is 9.47 Å². The minimum Gasteiger partial charge on any atom is -0.497 e. The van der Waals surface area contributed by atoms with Crippen molar-refractivity contribution in [1.82, 2.24) is 0 Å².